The molecule has 4 rings (SSSR count). The number of ether oxygens (including phenoxy) is 1. The van der Waals surface area contributed by atoms with E-state index in [4.69, 9.17) is 4.74 Å². The molecule has 0 N–H and O–H groups in total. The van der Waals surface area contributed by atoms with Gasteiger partial charge in [-0.2, -0.15) is 0 Å². The van der Waals surface area contributed by atoms with E-state index in [2.05, 4.69) is 64.5 Å². The molecule has 2 aromatic carbocycles. The second-order valence-electron chi connectivity index (χ2n) is 7.52. The number of halogens is 1. The fourth-order valence-electron chi connectivity index (χ4n) is 4.15. The summed E-state index contributed by atoms with van der Waals surface area (Å²) in [5.41, 5.74) is 3.72. The molecule has 0 saturated carbocycles. The van der Waals surface area contributed by atoms with Crippen molar-refractivity contribution in [3.05, 3.63) is 66.4 Å². The lowest BCUT2D eigenvalue weighted by Gasteiger charge is -2.36. The lowest BCUT2D eigenvalue weighted by Crippen LogP contribution is -2.46. The van der Waals surface area contributed by atoms with Crippen LogP contribution in [0.1, 0.15) is 12.5 Å². The van der Waals surface area contributed by atoms with Crippen LogP contribution in [0.3, 0.4) is 0 Å². The van der Waals surface area contributed by atoms with E-state index in [1.807, 2.05) is 17.6 Å². The van der Waals surface area contributed by atoms with Gasteiger partial charge in [-0.05, 0) is 37.1 Å². The fraction of sp³-hybridized carbons (Fsp3) is 0.375. The van der Waals surface area contributed by atoms with Gasteiger partial charge in [0.2, 0.25) is 0 Å². The fourth-order valence-corrected chi connectivity index (χ4v) is 4.15. The molecule has 0 spiro atoms. The number of carbonyl (C=O) groups is 1. The Bertz CT molecular complexity index is 949. The predicted octanol–water partition coefficient (Wildman–Crippen LogP) is 3.99. The zero-order valence-corrected chi connectivity index (χ0v) is 18.3. The first-order valence-electron chi connectivity index (χ1n) is 10.5. The van der Waals surface area contributed by atoms with Gasteiger partial charge in [-0.15, -0.1) is 12.4 Å². The molecule has 0 unspecified atom stereocenters. The van der Waals surface area contributed by atoms with Crippen LogP contribution in [0.2, 0.25) is 0 Å². The van der Waals surface area contributed by atoms with Crippen LogP contribution in [0.5, 0.6) is 0 Å². The van der Waals surface area contributed by atoms with Gasteiger partial charge in [-0.25, -0.2) is 0 Å². The van der Waals surface area contributed by atoms with Crippen molar-refractivity contribution in [1.29, 1.82) is 0 Å². The summed E-state index contributed by atoms with van der Waals surface area (Å²) in [6.07, 6.45) is 3.11. The maximum Gasteiger partial charge on any atom is 0.325 e. The van der Waals surface area contributed by atoms with Crippen LogP contribution in [0, 0.1) is 0 Å². The maximum absolute atomic E-state index is 12.0. The molecule has 1 saturated heterocycles. The van der Waals surface area contributed by atoms with Crippen molar-refractivity contribution in [1.82, 2.24) is 9.47 Å². The summed E-state index contributed by atoms with van der Waals surface area (Å²) >= 11 is 0. The SMILES string of the molecule is CCOC(=O)Cn1cc(CCN2CCN(c3ccccc3)CC2)c2ccccc21.Cl. The zero-order chi connectivity index (χ0) is 20.1. The van der Waals surface area contributed by atoms with E-state index in [1.54, 1.807) is 0 Å². The van der Waals surface area contributed by atoms with E-state index in [0.29, 0.717) is 6.61 Å². The minimum atomic E-state index is -0.183. The summed E-state index contributed by atoms with van der Waals surface area (Å²) in [6, 6.07) is 19.0. The second-order valence-corrected chi connectivity index (χ2v) is 7.52. The molecule has 160 valence electrons. The topological polar surface area (TPSA) is 37.7 Å². The zero-order valence-electron chi connectivity index (χ0n) is 17.5. The molecule has 0 radical (unpaired) electrons. The molecule has 0 aliphatic carbocycles. The van der Waals surface area contributed by atoms with Crippen molar-refractivity contribution < 1.29 is 9.53 Å². The molecule has 1 aliphatic heterocycles. The van der Waals surface area contributed by atoms with E-state index >= 15 is 0 Å². The van der Waals surface area contributed by atoms with Gasteiger partial charge in [0.15, 0.2) is 0 Å². The average Bonchev–Trinajstić information content (AvgIpc) is 3.11. The Morgan fingerprint density at radius 2 is 1.67 bits per heavy atom. The van der Waals surface area contributed by atoms with E-state index in [0.717, 1.165) is 44.7 Å². The maximum atomic E-state index is 12.0. The highest BCUT2D eigenvalue weighted by atomic mass is 35.5. The third kappa shape index (κ3) is 5.15. The molecule has 1 aromatic heterocycles. The molecule has 0 amide bonds. The van der Waals surface area contributed by atoms with Gasteiger partial charge in [0, 0.05) is 55.5 Å². The largest absolute Gasteiger partial charge is 0.465 e. The number of nitrogens with zero attached hydrogens (tertiary/aromatic N) is 3. The quantitative estimate of drug-likeness (QED) is 0.534. The van der Waals surface area contributed by atoms with Crippen LogP contribution in [-0.4, -0.2) is 54.8 Å². The molecule has 0 bridgehead atoms. The van der Waals surface area contributed by atoms with Crippen LogP contribution in [-0.2, 0) is 22.5 Å². The van der Waals surface area contributed by atoms with Crippen molar-refractivity contribution in [2.75, 3.05) is 44.2 Å². The number of carbonyl (C=O) groups excluding carboxylic acids is 1. The van der Waals surface area contributed by atoms with Gasteiger partial charge < -0.3 is 14.2 Å². The smallest absolute Gasteiger partial charge is 0.325 e. The summed E-state index contributed by atoms with van der Waals surface area (Å²) < 4.78 is 7.16. The monoisotopic (exact) mass is 427 g/mol. The van der Waals surface area contributed by atoms with Crippen LogP contribution in [0.25, 0.3) is 10.9 Å². The lowest BCUT2D eigenvalue weighted by atomic mass is 10.1. The first-order chi connectivity index (χ1) is 14.2. The molecule has 30 heavy (non-hydrogen) atoms. The number of benzene rings is 2. The van der Waals surface area contributed by atoms with E-state index in [1.165, 1.54) is 16.6 Å². The van der Waals surface area contributed by atoms with Gasteiger partial charge >= 0.3 is 5.97 Å². The number of piperazine rings is 1. The summed E-state index contributed by atoms with van der Waals surface area (Å²) in [5.74, 6) is -0.183. The highest BCUT2D eigenvalue weighted by molar-refractivity contribution is 5.86. The molecular weight excluding hydrogens is 398 g/mol. The summed E-state index contributed by atoms with van der Waals surface area (Å²) in [4.78, 5) is 17.0. The lowest BCUT2D eigenvalue weighted by molar-refractivity contribution is -0.143. The third-order valence-corrected chi connectivity index (χ3v) is 5.67. The van der Waals surface area contributed by atoms with E-state index in [9.17, 15) is 4.79 Å². The molecule has 0 atom stereocenters. The Hall–Kier alpha value is -2.50. The van der Waals surface area contributed by atoms with Crippen LogP contribution in [0.15, 0.2) is 60.8 Å². The Balaban J connectivity index is 0.00000256. The van der Waals surface area contributed by atoms with Crippen molar-refractivity contribution in [3.8, 4) is 0 Å². The standard InChI is InChI=1S/C24H29N3O2.ClH/c1-2-29-24(28)19-27-18-20(22-10-6-7-11-23(22)27)12-13-25-14-16-26(17-15-25)21-8-4-3-5-9-21;/h3-11,18H,2,12-17,19H2,1H3;1H. The van der Waals surface area contributed by atoms with E-state index < -0.39 is 0 Å². The van der Waals surface area contributed by atoms with Gasteiger partial charge in [-0.3, -0.25) is 9.69 Å². The van der Waals surface area contributed by atoms with Crippen molar-refractivity contribution >= 4 is 35.0 Å². The molecule has 2 heterocycles. The van der Waals surface area contributed by atoms with Crippen LogP contribution in [0.4, 0.5) is 5.69 Å². The number of rotatable bonds is 7. The summed E-state index contributed by atoms with van der Waals surface area (Å²) in [5, 5.41) is 1.24. The third-order valence-electron chi connectivity index (χ3n) is 5.67. The van der Waals surface area contributed by atoms with Gasteiger partial charge in [-0.1, -0.05) is 36.4 Å². The van der Waals surface area contributed by atoms with Gasteiger partial charge in [0.25, 0.3) is 0 Å². The number of hydrogen-bond donors (Lipinski definition) is 0. The number of fused-ring (bicyclic) bond motifs is 1. The van der Waals surface area contributed by atoms with Crippen molar-refractivity contribution in [3.63, 3.8) is 0 Å². The highest BCUT2D eigenvalue weighted by Gasteiger charge is 2.18. The van der Waals surface area contributed by atoms with Crippen LogP contribution >= 0.6 is 12.4 Å². The molecule has 6 heteroatoms. The van der Waals surface area contributed by atoms with Gasteiger partial charge in [0.05, 0.1) is 6.61 Å². The Morgan fingerprint density at radius 3 is 2.40 bits per heavy atom. The molecule has 5 nitrogen and oxygen atoms in total. The minimum absolute atomic E-state index is 0. The normalized spacial score (nSPS) is 14.5. The summed E-state index contributed by atoms with van der Waals surface area (Å²) in [6.45, 7) is 7.85. The average molecular weight is 428 g/mol. The number of anilines is 1. The first-order valence-corrected chi connectivity index (χ1v) is 10.5. The molecule has 1 fully saturated rings. The number of aromatic nitrogens is 1. The Kier molecular flexibility index (Phi) is 7.77. The van der Waals surface area contributed by atoms with Gasteiger partial charge in [0.1, 0.15) is 6.54 Å². The predicted molar refractivity (Wildman–Crippen MR) is 125 cm³/mol. The Morgan fingerprint density at radius 1 is 0.967 bits per heavy atom. The first kappa shape index (κ1) is 22.2. The molecular formula is C24H30ClN3O2. The Labute approximate surface area is 184 Å². The minimum Gasteiger partial charge on any atom is -0.465 e. The molecule has 3 aromatic rings. The number of hydrogen-bond acceptors (Lipinski definition) is 4. The van der Waals surface area contributed by atoms with Crippen molar-refractivity contribution in [2.24, 2.45) is 0 Å². The number of para-hydroxylation sites is 2. The highest BCUT2D eigenvalue weighted by Crippen LogP contribution is 2.23. The molecule has 1 aliphatic rings. The summed E-state index contributed by atoms with van der Waals surface area (Å²) in [7, 11) is 0. The second kappa shape index (κ2) is 10.5. The number of esters is 1. The van der Waals surface area contributed by atoms with Crippen LogP contribution < -0.4 is 4.90 Å². The van der Waals surface area contributed by atoms with Crippen molar-refractivity contribution in [2.45, 2.75) is 19.9 Å². The van der Waals surface area contributed by atoms with E-state index in [-0.39, 0.29) is 24.9 Å².